The van der Waals surface area contributed by atoms with E-state index in [1.165, 1.54) is 11.1 Å². The summed E-state index contributed by atoms with van der Waals surface area (Å²) in [5.41, 5.74) is 11.7. The monoisotopic (exact) mass is 441 g/mol. The first-order valence-corrected chi connectivity index (χ1v) is 11.8. The number of amides is 1. The number of nitrogens with two attached hydrogens (primary N) is 1. The van der Waals surface area contributed by atoms with Crippen molar-refractivity contribution in [1.29, 1.82) is 0 Å². The number of carbonyl (C=O) groups excluding carboxylic acids is 1. The molecule has 0 heterocycles. The van der Waals surface area contributed by atoms with E-state index < -0.39 is 6.17 Å². The highest BCUT2D eigenvalue weighted by Gasteiger charge is 2.14. The van der Waals surface area contributed by atoms with Gasteiger partial charge in [0.15, 0.2) is 0 Å². The molecule has 2 rings (SSSR count). The van der Waals surface area contributed by atoms with Crippen LogP contribution in [0.3, 0.4) is 0 Å². The Hall–Kier alpha value is -2.59. The van der Waals surface area contributed by atoms with Crippen LogP contribution in [-0.4, -0.2) is 12.1 Å². The van der Waals surface area contributed by atoms with Crippen molar-refractivity contribution in [3.05, 3.63) is 76.9 Å². The summed E-state index contributed by atoms with van der Waals surface area (Å²) in [5.74, 6) is -0.0779. The van der Waals surface area contributed by atoms with E-state index in [2.05, 4.69) is 62.6 Å². The predicted molar refractivity (Wildman–Crippen MR) is 143 cm³/mol. The molecule has 0 aromatic heterocycles. The molecule has 1 atom stereocenters. The Morgan fingerprint density at radius 2 is 1.47 bits per heavy atom. The van der Waals surface area contributed by atoms with Crippen molar-refractivity contribution in [3.8, 4) is 0 Å². The number of aryl methyl sites for hydroxylation is 1. The Morgan fingerprint density at radius 3 is 1.97 bits per heavy atom. The third-order valence-electron chi connectivity index (χ3n) is 4.88. The number of allylic oxidation sites excluding steroid dienone is 1. The molecule has 0 aliphatic rings. The molecule has 4 nitrogen and oxygen atoms in total. The van der Waals surface area contributed by atoms with Gasteiger partial charge >= 0.3 is 0 Å². The fraction of sp³-hybridized carbons (Fsp3) is 0.464. The molecule has 1 amide bonds. The van der Waals surface area contributed by atoms with Crippen molar-refractivity contribution in [2.45, 2.75) is 81.4 Å². The molecule has 0 bridgehead atoms. The standard InChI is InChI=1S/C24H33N3O.2C2H6.H2/c1-17-6-8-20(9-7-17)16-26-21-12-10-19(11-13-21)15-23(28)27-22(25)14-18(2)24(3,4)5;2*1-2;/h6-14,22,26H,15-16,25H2,1-5H3,(H,27,28);2*1-2H3;1H/b18-14+;;;. The molecule has 1 unspecified atom stereocenters. The van der Waals surface area contributed by atoms with Crippen LogP contribution >= 0.6 is 0 Å². The average Bonchev–Trinajstić information content (AvgIpc) is 2.76. The zero-order valence-corrected chi connectivity index (χ0v) is 21.7. The van der Waals surface area contributed by atoms with Crippen LogP contribution in [-0.2, 0) is 17.8 Å². The summed E-state index contributed by atoms with van der Waals surface area (Å²) >= 11 is 0. The topological polar surface area (TPSA) is 67.1 Å². The molecule has 0 saturated carbocycles. The maximum Gasteiger partial charge on any atom is 0.225 e. The first kappa shape index (κ1) is 29.4. The predicted octanol–water partition coefficient (Wildman–Crippen LogP) is 6.84. The van der Waals surface area contributed by atoms with Crippen LogP contribution in [0.1, 0.15) is 73.5 Å². The van der Waals surface area contributed by atoms with Gasteiger partial charge in [-0.05, 0) is 48.6 Å². The summed E-state index contributed by atoms with van der Waals surface area (Å²) < 4.78 is 0. The summed E-state index contributed by atoms with van der Waals surface area (Å²) in [4.78, 5) is 12.2. The fourth-order valence-electron chi connectivity index (χ4n) is 2.63. The number of rotatable bonds is 7. The largest absolute Gasteiger partial charge is 0.381 e. The van der Waals surface area contributed by atoms with Crippen LogP contribution in [0.4, 0.5) is 5.69 Å². The molecule has 0 spiro atoms. The average molecular weight is 442 g/mol. The van der Waals surface area contributed by atoms with Gasteiger partial charge in [-0.1, -0.05) is 96.0 Å². The SMILES string of the molecule is C/C(=C\C(N)NC(=O)Cc1ccc(NCc2ccc(C)cc2)cc1)C(C)(C)C.CC.CC.[HH]. The zero-order chi connectivity index (χ0) is 24.7. The number of benzene rings is 2. The maximum atomic E-state index is 12.2. The summed E-state index contributed by atoms with van der Waals surface area (Å²) in [5, 5.41) is 6.24. The van der Waals surface area contributed by atoms with E-state index in [1.807, 2.05) is 65.0 Å². The minimum atomic E-state index is -0.470. The van der Waals surface area contributed by atoms with Crippen LogP contribution in [0.5, 0.6) is 0 Å². The summed E-state index contributed by atoms with van der Waals surface area (Å²) in [6.45, 7) is 19.3. The highest BCUT2D eigenvalue weighted by molar-refractivity contribution is 5.79. The smallest absolute Gasteiger partial charge is 0.225 e. The number of nitrogens with one attached hydrogen (secondary N) is 2. The summed E-state index contributed by atoms with van der Waals surface area (Å²) in [6.07, 6.45) is 1.76. The Kier molecular flexibility index (Phi) is 14.0. The van der Waals surface area contributed by atoms with Gasteiger partial charge in [-0.3, -0.25) is 4.79 Å². The van der Waals surface area contributed by atoms with Gasteiger partial charge in [-0.15, -0.1) is 0 Å². The molecule has 4 heteroatoms. The van der Waals surface area contributed by atoms with Gasteiger partial charge < -0.3 is 16.4 Å². The Bertz CT molecular complexity index is 807. The van der Waals surface area contributed by atoms with Gasteiger partial charge in [-0.25, -0.2) is 0 Å². The lowest BCUT2D eigenvalue weighted by Gasteiger charge is -2.21. The second-order valence-corrected chi connectivity index (χ2v) is 8.41. The molecule has 0 saturated heterocycles. The van der Waals surface area contributed by atoms with Crippen LogP contribution < -0.4 is 16.4 Å². The van der Waals surface area contributed by atoms with E-state index in [1.54, 1.807) is 0 Å². The second-order valence-electron chi connectivity index (χ2n) is 8.41. The Morgan fingerprint density at radius 1 is 0.969 bits per heavy atom. The van der Waals surface area contributed by atoms with Crippen LogP contribution in [0.2, 0.25) is 0 Å². The van der Waals surface area contributed by atoms with Crippen LogP contribution in [0, 0.1) is 12.3 Å². The third-order valence-corrected chi connectivity index (χ3v) is 4.88. The normalized spacial score (nSPS) is 11.9. The molecule has 32 heavy (non-hydrogen) atoms. The number of carbonyl (C=O) groups is 1. The Balaban J connectivity index is 0. The lowest BCUT2D eigenvalue weighted by molar-refractivity contribution is -0.120. The van der Waals surface area contributed by atoms with Crippen molar-refractivity contribution in [3.63, 3.8) is 0 Å². The van der Waals surface area contributed by atoms with Crippen molar-refractivity contribution in [2.75, 3.05) is 5.32 Å². The number of hydrogen-bond donors (Lipinski definition) is 3. The number of anilines is 1. The van der Waals surface area contributed by atoms with E-state index in [4.69, 9.17) is 5.73 Å². The van der Waals surface area contributed by atoms with Gasteiger partial charge in [-0.2, -0.15) is 0 Å². The molecule has 0 radical (unpaired) electrons. The summed E-state index contributed by atoms with van der Waals surface area (Å²) in [6, 6.07) is 16.4. The van der Waals surface area contributed by atoms with Crippen molar-refractivity contribution < 1.29 is 6.22 Å². The molecular weight excluding hydrogens is 394 g/mol. The third kappa shape index (κ3) is 11.7. The molecular formula is C28H47N3O. The van der Waals surface area contributed by atoms with Gasteiger partial charge in [0.2, 0.25) is 5.91 Å². The van der Waals surface area contributed by atoms with E-state index in [0.29, 0.717) is 6.42 Å². The molecule has 180 valence electrons. The van der Waals surface area contributed by atoms with Gasteiger partial charge in [0.1, 0.15) is 0 Å². The molecule has 2 aromatic rings. The summed E-state index contributed by atoms with van der Waals surface area (Å²) in [7, 11) is 0. The molecule has 0 aliphatic carbocycles. The zero-order valence-electron chi connectivity index (χ0n) is 21.7. The molecule has 4 N–H and O–H groups in total. The van der Waals surface area contributed by atoms with Crippen molar-refractivity contribution in [2.24, 2.45) is 11.1 Å². The van der Waals surface area contributed by atoms with Crippen LogP contribution in [0.25, 0.3) is 0 Å². The van der Waals surface area contributed by atoms with Gasteiger partial charge in [0.25, 0.3) is 0 Å². The molecule has 2 aromatic carbocycles. The molecule has 0 aliphatic heterocycles. The Labute approximate surface area is 198 Å². The van der Waals surface area contributed by atoms with Crippen molar-refractivity contribution in [1.82, 2.24) is 5.32 Å². The first-order valence-electron chi connectivity index (χ1n) is 11.8. The minimum Gasteiger partial charge on any atom is -0.381 e. The van der Waals surface area contributed by atoms with E-state index in [-0.39, 0.29) is 12.7 Å². The molecule has 0 fully saturated rings. The first-order chi connectivity index (χ1) is 15.1. The fourth-order valence-corrected chi connectivity index (χ4v) is 2.63. The van der Waals surface area contributed by atoms with E-state index >= 15 is 0 Å². The van der Waals surface area contributed by atoms with E-state index in [0.717, 1.165) is 23.4 Å². The van der Waals surface area contributed by atoms with Crippen molar-refractivity contribution >= 4 is 11.6 Å². The quantitative estimate of drug-likeness (QED) is 0.325. The maximum absolute atomic E-state index is 12.2. The van der Waals surface area contributed by atoms with Gasteiger partial charge in [0.05, 0.1) is 12.6 Å². The lowest BCUT2D eigenvalue weighted by Crippen LogP contribution is -2.41. The highest BCUT2D eigenvalue weighted by Crippen LogP contribution is 2.24. The second kappa shape index (κ2) is 15.3. The number of hydrogen-bond acceptors (Lipinski definition) is 3. The minimum absolute atomic E-state index is 0. The van der Waals surface area contributed by atoms with Crippen LogP contribution in [0.15, 0.2) is 60.2 Å². The van der Waals surface area contributed by atoms with E-state index in [9.17, 15) is 4.79 Å². The highest BCUT2D eigenvalue weighted by atomic mass is 16.1. The lowest BCUT2D eigenvalue weighted by atomic mass is 9.87. The van der Waals surface area contributed by atoms with Gasteiger partial charge in [0, 0.05) is 13.7 Å².